The summed E-state index contributed by atoms with van der Waals surface area (Å²) in [6.07, 6.45) is 1.55. The van der Waals surface area contributed by atoms with Crippen LogP contribution in [0.5, 0.6) is 0 Å². The molecule has 2 heterocycles. The number of imidazole rings is 1. The van der Waals surface area contributed by atoms with E-state index in [1.165, 1.54) is 0 Å². The van der Waals surface area contributed by atoms with Gasteiger partial charge in [-0.15, -0.1) is 0 Å². The van der Waals surface area contributed by atoms with Crippen molar-refractivity contribution in [2.75, 3.05) is 20.3 Å². The van der Waals surface area contributed by atoms with Crippen LogP contribution in [0.2, 0.25) is 0 Å². The van der Waals surface area contributed by atoms with Crippen LogP contribution in [-0.2, 0) is 4.74 Å². The normalized spacial score (nSPS) is 11.1. The van der Waals surface area contributed by atoms with E-state index in [-0.39, 0.29) is 11.5 Å². The van der Waals surface area contributed by atoms with E-state index in [9.17, 15) is 9.59 Å². The van der Waals surface area contributed by atoms with Crippen molar-refractivity contribution in [2.45, 2.75) is 0 Å². The van der Waals surface area contributed by atoms with Gasteiger partial charge in [-0.05, 0) is 18.2 Å². The Labute approximate surface area is 154 Å². The highest BCUT2D eigenvalue weighted by Crippen LogP contribution is 2.23. The predicted octanol–water partition coefficient (Wildman–Crippen LogP) is 2.22. The molecule has 1 amide bonds. The number of ether oxygens (including phenoxy) is 1. The number of H-pyrrole nitrogens is 1. The summed E-state index contributed by atoms with van der Waals surface area (Å²) in [5.41, 5.74) is 2.93. The van der Waals surface area contributed by atoms with Gasteiger partial charge in [-0.1, -0.05) is 30.3 Å². The summed E-state index contributed by atoms with van der Waals surface area (Å²) < 4.78 is 6.74. The van der Waals surface area contributed by atoms with Crippen molar-refractivity contribution in [1.29, 1.82) is 0 Å². The van der Waals surface area contributed by atoms with E-state index in [1.807, 2.05) is 30.3 Å². The minimum atomic E-state index is -0.227. The van der Waals surface area contributed by atoms with Crippen molar-refractivity contribution in [2.24, 2.45) is 0 Å². The molecular weight excluding hydrogens is 344 g/mol. The topological polar surface area (TPSA) is 88.5 Å². The number of hydrogen-bond acceptors (Lipinski definition) is 4. The van der Waals surface area contributed by atoms with Crippen molar-refractivity contribution in [3.05, 3.63) is 70.6 Å². The van der Waals surface area contributed by atoms with Gasteiger partial charge < -0.3 is 15.0 Å². The van der Waals surface area contributed by atoms with Gasteiger partial charge in [-0.2, -0.15) is 0 Å². The number of hydrogen-bond donors (Lipinski definition) is 2. The molecule has 0 aliphatic carbocycles. The van der Waals surface area contributed by atoms with Gasteiger partial charge in [0, 0.05) is 24.8 Å². The molecule has 0 unspecified atom stereocenters. The van der Waals surface area contributed by atoms with Crippen molar-refractivity contribution >= 4 is 22.5 Å². The molecule has 0 saturated heterocycles. The fraction of sp³-hybridized carbons (Fsp3) is 0.150. The Bertz CT molecular complexity index is 1180. The molecule has 0 spiro atoms. The van der Waals surface area contributed by atoms with E-state index in [0.29, 0.717) is 41.1 Å². The highest BCUT2D eigenvalue weighted by Gasteiger charge is 2.14. The first kappa shape index (κ1) is 17.0. The maximum absolute atomic E-state index is 12.4. The second-order valence-corrected chi connectivity index (χ2v) is 6.10. The van der Waals surface area contributed by atoms with Gasteiger partial charge in [-0.3, -0.25) is 14.0 Å². The highest BCUT2D eigenvalue weighted by atomic mass is 16.5. The first-order valence-electron chi connectivity index (χ1n) is 8.55. The molecule has 4 rings (SSSR count). The van der Waals surface area contributed by atoms with E-state index in [2.05, 4.69) is 15.3 Å². The number of fused-ring (bicyclic) bond motifs is 3. The monoisotopic (exact) mass is 362 g/mol. The Morgan fingerprint density at radius 1 is 1.19 bits per heavy atom. The quantitative estimate of drug-likeness (QED) is 0.533. The summed E-state index contributed by atoms with van der Waals surface area (Å²) in [4.78, 5) is 32.1. The molecule has 0 aliphatic heterocycles. The zero-order valence-electron chi connectivity index (χ0n) is 14.7. The number of rotatable bonds is 5. The largest absolute Gasteiger partial charge is 0.383 e. The number of amides is 1. The molecule has 7 heteroatoms. The molecule has 0 saturated carbocycles. The smallest absolute Gasteiger partial charge is 0.274 e. The molecule has 27 heavy (non-hydrogen) atoms. The molecule has 2 aromatic heterocycles. The van der Waals surface area contributed by atoms with Gasteiger partial charge in [0.25, 0.3) is 11.5 Å². The van der Waals surface area contributed by atoms with Crippen LogP contribution in [0.15, 0.2) is 59.5 Å². The van der Waals surface area contributed by atoms with E-state index in [1.54, 1.807) is 35.9 Å². The third-order valence-electron chi connectivity index (χ3n) is 4.37. The maximum Gasteiger partial charge on any atom is 0.274 e. The molecule has 136 valence electrons. The lowest BCUT2D eigenvalue weighted by atomic mass is 10.1. The van der Waals surface area contributed by atoms with Gasteiger partial charge in [0.05, 0.1) is 23.8 Å². The van der Waals surface area contributed by atoms with Crippen LogP contribution in [0.3, 0.4) is 0 Å². The minimum absolute atomic E-state index is 0.199. The Balaban J connectivity index is 1.90. The highest BCUT2D eigenvalue weighted by molar-refractivity contribution is 5.97. The van der Waals surface area contributed by atoms with Gasteiger partial charge in [0.2, 0.25) is 0 Å². The molecule has 7 nitrogen and oxygen atoms in total. The third kappa shape index (κ3) is 3.09. The average molecular weight is 362 g/mol. The summed E-state index contributed by atoms with van der Waals surface area (Å²) >= 11 is 0. The number of nitrogens with zero attached hydrogens (tertiary/aromatic N) is 2. The van der Waals surface area contributed by atoms with Crippen LogP contribution in [0.25, 0.3) is 27.9 Å². The Hall–Kier alpha value is -3.45. The molecule has 0 bridgehead atoms. The SMILES string of the molecule is COCCNC(=O)c1ccc2[nH]c(=O)c3cnc(-c4ccccc4)n3c2c1. The van der Waals surface area contributed by atoms with Crippen LogP contribution in [0, 0.1) is 0 Å². The summed E-state index contributed by atoms with van der Waals surface area (Å²) in [5.74, 6) is 0.452. The zero-order valence-corrected chi connectivity index (χ0v) is 14.7. The standard InChI is InChI=1S/C20H18N4O3/c1-27-10-9-21-19(25)14-7-8-15-16(11-14)24-17(20(26)23-15)12-22-18(24)13-5-3-2-4-6-13/h2-8,11-12H,9-10H2,1H3,(H,21,25)(H,23,26). The molecular formula is C20H18N4O3. The molecule has 2 N–H and O–H groups in total. The molecule has 0 radical (unpaired) electrons. The number of nitrogens with one attached hydrogen (secondary N) is 2. The lowest BCUT2D eigenvalue weighted by Crippen LogP contribution is -2.27. The maximum atomic E-state index is 12.4. The third-order valence-corrected chi connectivity index (χ3v) is 4.37. The fourth-order valence-electron chi connectivity index (χ4n) is 3.07. The van der Waals surface area contributed by atoms with Crippen LogP contribution in [0.4, 0.5) is 0 Å². The Morgan fingerprint density at radius 3 is 2.78 bits per heavy atom. The molecule has 0 aliphatic rings. The second-order valence-electron chi connectivity index (χ2n) is 6.10. The van der Waals surface area contributed by atoms with Crippen molar-refractivity contribution in [3.63, 3.8) is 0 Å². The van der Waals surface area contributed by atoms with E-state index >= 15 is 0 Å². The number of methoxy groups -OCH3 is 1. The molecule has 2 aromatic carbocycles. The van der Waals surface area contributed by atoms with Gasteiger partial charge in [0.15, 0.2) is 0 Å². The van der Waals surface area contributed by atoms with Crippen LogP contribution < -0.4 is 10.9 Å². The fourth-order valence-corrected chi connectivity index (χ4v) is 3.07. The van der Waals surface area contributed by atoms with Crippen LogP contribution in [-0.4, -0.2) is 40.5 Å². The van der Waals surface area contributed by atoms with Crippen molar-refractivity contribution in [3.8, 4) is 11.4 Å². The first-order valence-corrected chi connectivity index (χ1v) is 8.55. The molecule has 0 atom stereocenters. The van der Waals surface area contributed by atoms with Crippen LogP contribution >= 0.6 is 0 Å². The van der Waals surface area contributed by atoms with Crippen molar-refractivity contribution < 1.29 is 9.53 Å². The summed E-state index contributed by atoms with van der Waals surface area (Å²) in [7, 11) is 1.58. The lowest BCUT2D eigenvalue weighted by Gasteiger charge is -2.09. The first-order chi connectivity index (χ1) is 13.2. The Morgan fingerprint density at radius 2 is 2.00 bits per heavy atom. The number of carbonyl (C=O) groups excluding carboxylic acids is 1. The summed E-state index contributed by atoms with van der Waals surface area (Å²) in [5, 5.41) is 2.80. The van der Waals surface area contributed by atoms with Crippen molar-refractivity contribution in [1.82, 2.24) is 19.7 Å². The minimum Gasteiger partial charge on any atom is -0.383 e. The predicted molar refractivity (Wildman–Crippen MR) is 103 cm³/mol. The van der Waals surface area contributed by atoms with Gasteiger partial charge in [0.1, 0.15) is 11.3 Å². The Kier molecular flexibility index (Phi) is 4.43. The lowest BCUT2D eigenvalue weighted by molar-refractivity contribution is 0.0937. The van der Waals surface area contributed by atoms with Gasteiger partial charge in [-0.25, -0.2) is 4.98 Å². The summed E-state index contributed by atoms with van der Waals surface area (Å²) in [6.45, 7) is 0.866. The number of carbonyl (C=O) groups is 1. The van der Waals surface area contributed by atoms with E-state index in [4.69, 9.17) is 4.74 Å². The number of aromatic amines is 1. The van der Waals surface area contributed by atoms with Crippen LogP contribution in [0.1, 0.15) is 10.4 Å². The van der Waals surface area contributed by atoms with Gasteiger partial charge >= 0.3 is 0 Å². The van der Waals surface area contributed by atoms with E-state index < -0.39 is 0 Å². The number of aromatic nitrogens is 3. The second kappa shape index (κ2) is 7.05. The van der Waals surface area contributed by atoms with E-state index in [0.717, 1.165) is 5.56 Å². The molecule has 4 aromatic rings. The zero-order chi connectivity index (χ0) is 18.8. The molecule has 0 fully saturated rings. The average Bonchev–Trinajstić information content (AvgIpc) is 3.15. The number of benzene rings is 2. The summed E-state index contributed by atoms with van der Waals surface area (Å²) in [6, 6.07) is 14.8.